The average Bonchev–Trinajstić information content (AvgIpc) is 2.78. The number of likely N-dealkylation sites (N-methyl/N-ethyl adjacent to an activating group) is 1. The van der Waals surface area contributed by atoms with Gasteiger partial charge in [-0.3, -0.25) is 4.79 Å². The highest BCUT2D eigenvalue weighted by molar-refractivity contribution is 9.10. The van der Waals surface area contributed by atoms with Crippen molar-refractivity contribution >= 4 is 27.8 Å². The minimum absolute atomic E-state index is 0.105. The van der Waals surface area contributed by atoms with E-state index in [-0.39, 0.29) is 11.9 Å². The molecule has 0 saturated carbocycles. The number of hydrogen-bond acceptors (Lipinski definition) is 4. The molecule has 92 valence electrons. The van der Waals surface area contributed by atoms with E-state index < -0.39 is 0 Å². The molecular weight excluding hydrogens is 284 g/mol. The number of anilines is 1. The average molecular weight is 299 g/mol. The Morgan fingerprint density at radius 2 is 2.18 bits per heavy atom. The van der Waals surface area contributed by atoms with Gasteiger partial charge in [-0.2, -0.15) is 0 Å². The Kier molecular flexibility index (Phi) is 3.61. The van der Waals surface area contributed by atoms with Gasteiger partial charge < -0.3 is 9.80 Å². The summed E-state index contributed by atoms with van der Waals surface area (Å²) in [4.78, 5) is 23.7. The molecule has 1 aromatic heterocycles. The monoisotopic (exact) mass is 298 g/mol. The molecule has 2 rings (SSSR count). The molecule has 0 aromatic carbocycles. The third-order valence-electron chi connectivity index (χ3n) is 3.10. The number of halogens is 1. The Balaban J connectivity index is 2.02. The normalized spacial score (nSPS) is 19.5. The van der Waals surface area contributed by atoms with Gasteiger partial charge in [0.2, 0.25) is 11.9 Å². The molecule has 1 atom stereocenters. The van der Waals surface area contributed by atoms with Crippen LogP contribution in [-0.4, -0.2) is 47.0 Å². The Morgan fingerprint density at radius 3 is 2.76 bits per heavy atom. The first kappa shape index (κ1) is 12.3. The molecule has 1 fully saturated rings. The van der Waals surface area contributed by atoms with E-state index in [1.54, 1.807) is 24.2 Å². The lowest BCUT2D eigenvalue weighted by atomic mass is 10.2. The number of rotatable bonds is 2. The molecular formula is C11H15BrN4O. The van der Waals surface area contributed by atoms with Crippen molar-refractivity contribution in [1.29, 1.82) is 0 Å². The van der Waals surface area contributed by atoms with Gasteiger partial charge in [-0.1, -0.05) is 0 Å². The molecule has 1 aromatic rings. The maximum absolute atomic E-state index is 11.3. The SMILES string of the molecule is CC(=O)N(C)C1CCN(c2ncc(Br)cn2)C1. The second-order valence-corrected chi connectivity index (χ2v) is 5.14. The number of carbonyl (C=O) groups is 1. The predicted molar refractivity (Wildman–Crippen MR) is 68.8 cm³/mol. The first-order valence-corrected chi connectivity index (χ1v) is 6.33. The molecule has 6 heteroatoms. The van der Waals surface area contributed by atoms with Crippen LogP contribution in [0, 0.1) is 0 Å². The summed E-state index contributed by atoms with van der Waals surface area (Å²) in [6, 6.07) is 0.264. The molecule has 1 unspecified atom stereocenters. The van der Waals surface area contributed by atoms with Crippen LogP contribution in [0.1, 0.15) is 13.3 Å². The fraction of sp³-hybridized carbons (Fsp3) is 0.545. The van der Waals surface area contributed by atoms with Crippen molar-refractivity contribution in [2.24, 2.45) is 0 Å². The lowest BCUT2D eigenvalue weighted by Crippen LogP contribution is -2.37. The Bertz CT molecular complexity index is 408. The maximum Gasteiger partial charge on any atom is 0.225 e. The van der Waals surface area contributed by atoms with Crippen LogP contribution in [0.4, 0.5) is 5.95 Å². The summed E-state index contributed by atoms with van der Waals surface area (Å²) in [5.74, 6) is 0.834. The van der Waals surface area contributed by atoms with Crippen LogP contribution in [0.5, 0.6) is 0 Å². The third-order valence-corrected chi connectivity index (χ3v) is 3.51. The van der Waals surface area contributed by atoms with Gasteiger partial charge in [0.05, 0.1) is 10.5 Å². The highest BCUT2D eigenvalue weighted by Crippen LogP contribution is 2.19. The van der Waals surface area contributed by atoms with E-state index in [2.05, 4.69) is 30.8 Å². The molecule has 1 amide bonds. The van der Waals surface area contributed by atoms with Gasteiger partial charge >= 0.3 is 0 Å². The van der Waals surface area contributed by atoms with Gasteiger partial charge in [0.1, 0.15) is 0 Å². The summed E-state index contributed by atoms with van der Waals surface area (Å²) in [7, 11) is 1.85. The summed E-state index contributed by atoms with van der Waals surface area (Å²) < 4.78 is 0.873. The molecule has 5 nitrogen and oxygen atoms in total. The fourth-order valence-corrected chi connectivity index (χ4v) is 2.17. The number of amides is 1. The van der Waals surface area contributed by atoms with Crippen molar-refractivity contribution in [3.05, 3.63) is 16.9 Å². The zero-order valence-corrected chi connectivity index (χ0v) is 11.5. The second kappa shape index (κ2) is 5.00. The van der Waals surface area contributed by atoms with E-state index in [4.69, 9.17) is 0 Å². The van der Waals surface area contributed by atoms with Crippen LogP contribution in [0.15, 0.2) is 16.9 Å². The van der Waals surface area contributed by atoms with Crippen molar-refractivity contribution in [1.82, 2.24) is 14.9 Å². The molecule has 17 heavy (non-hydrogen) atoms. The van der Waals surface area contributed by atoms with Crippen LogP contribution < -0.4 is 4.90 Å². The Labute approximate surface area is 109 Å². The topological polar surface area (TPSA) is 49.3 Å². The van der Waals surface area contributed by atoms with E-state index in [0.717, 1.165) is 29.9 Å². The molecule has 0 radical (unpaired) electrons. The first-order chi connectivity index (χ1) is 8.08. The molecule has 1 aliphatic heterocycles. The number of aromatic nitrogens is 2. The molecule has 0 N–H and O–H groups in total. The summed E-state index contributed by atoms with van der Waals surface area (Å²) in [6.07, 6.45) is 4.45. The van der Waals surface area contributed by atoms with E-state index in [0.29, 0.717) is 0 Å². The van der Waals surface area contributed by atoms with E-state index in [1.807, 2.05) is 7.05 Å². The van der Waals surface area contributed by atoms with Gasteiger partial charge in [0.25, 0.3) is 0 Å². The zero-order chi connectivity index (χ0) is 12.4. The lowest BCUT2D eigenvalue weighted by Gasteiger charge is -2.23. The van der Waals surface area contributed by atoms with E-state index >= 15 is 0 Å². The highest BCUT2D eigenvalue weighted by atomic mass is 79.9. The van der Waals surface area contributed by atoms with Crippen LogP contribution >= 0.6 is 15.9 Å². The quantitative estimate of drug-likeness (QED) is 0.826. The van der Waals surface area contributed by atoms with Gasteiger partial charge in [0, 0.05) is 39.5 Å². The number of hydrogen-bond donors (Lipinski definition) is 0. The minimum atomic E-state index is 0.105. The zero-order valence-electron chi connectivity index (χ0n) is 9.93. The molecule has 2 heterocycles. The van der Waals surface area contributed by atoms with Gasteiger partial charge in [-0.15, -0.1) is 0 Å². The molecule has 0 aliphatic carbocycles. The molecule has 1 aliphatic rings. The Hall–Kier alpha value is -1.17. The summed E-state index contributed by atoms with van der Waals surface area (Å²) in [5.41, 5.74) is 0. The Morgan fingerprint density at radius 1 is 1.53 bits per heavy atom. The molecule has 1 saturated heterocycles. The molecule has 0 bridgehead atoms. The van der Waals surface area contributed by atoms with Gasteiger partial charge in [-0.05, 0) is 22.4 Å². The van der Waals surface area contributed by atoms with E-state index in [1.165, 1.54) is 0 Å². The summed E-state index contributed by atoms with van der Waals surface area (Å²) in [6.45, 7) is 3.29. The van der Waals surface area contributed by atoms with Crippen molar-refractivity contribution in [2.45, 2.75) is 19.4 Å². The first-order valence-electron chi connectivity index (χ1n) is 5.54. The third kappa shape index (κ3) is 2.74. The van der Waals surface area contributed by atoms with Crippen LogP contribution in [-0.2, 0) is 4.79 Å². The summed E-state index contributed by atoms with van der Waals surface area (Å²) in [5, 5.41) is 0. The minimum Gasteiger partial charge on any atom is -0.341 e. The predicted octanol–water partition coefficient (Wildman–Crippen LogP) is 1.30. The standard InChI is InChI=1S/C11H15BrN4O/c1-8(17)15(2)10-3-4-16(7-10)11-13-5-9(12)6-14-11/h5-6,10H,3-4,7H2,1-2H3. The van der Waals surface area contributed by atoms with Crippen molar-refractivity contribution in [3.63, 3.8) is 0 Å². The van der Waals surface area contributed by atoms with Crippen LogP contribution in [0.25, 0.3) is 0 Å². The highest BCUT2D eigenvalue weighted by Gasteiger charge is 2.28. The van der Waals surface area contributed by atoms with Gasteiger partial charge in [0.15, 0.2) is 0 Å². The summed E-state index contributed by atoms with van der Waals surface area (Å²) >= 11 is 3.31. The lowest BCUT2D eigenvalue weighted by molar-refractivity contribution is -0.129. The van der Waals surface area contributed by atoms with Crippen molar-refractivity contribution < 1.29 is 4.79 Å². The van der Waals surface area contributed by atoms with Gasteiger partial charge in [-0.25, -0.2) is 9.97 Å². The fourth-order valence-electron chi connectivity index (χ4n) is 1.97. The maximum atomic E-state index is 11.3. The smallest absolute Gasteiger partial charge is 0.225 e. The number of nitrogens with zero attached hydrogens (tertiary/aromatic N) is 4. The molecule has 0 spiro atoms. The van der Waals surface area contributed by atoms with E-state index in [9.17, 15) is 4.79 Å². The van der Waals surface area contributed by atoms with Crippen molar-refractivity contribution in [3.8, 4) is 0 Å². The largest absolute Gasteiger partial charge is 0.341 e. The van der Waals surface area contributed by atoms with Crippen molar-refractivity contribution in [2.75, 3.05) is 25.0 Å². The number of carbonyl (C=O) groups excluding carboxylic acids is 1. The van der Waals surface area contributed by atoms with Crippen LogP contribution in [0.2, 0.25) is 0 Å². The van der Waals surface area contributed by atoms with Crippen LogP contribution in [0.3, 0.4) is 0 Å². The second-order valence-electron chi connectivity index (χ2n) is 4.22.